The third-order valence-electron chi connectivity index (χ3n) is 3.44. The van der Waals surface area contributed by atoms with Crippen LogP contribution in [0, 0.1) is 19.8 Å². The zero-order valence-corrected chi connectivity index (χ0v) is 11.7. The number of esters is 1. The Balaban J connectivity index is 1.90. The highest BCUT2D eigenvalue weighted by Gasteiger charge is 2.28. The van der Waals surface area contributed by atoms with E-state index in [2.05, 4.69) is 9.97 Å². The van der Waals surface area contributed by atoms with E-state index in [1.807, 2.05) is 19.9 Å². The summed E-state index contributed by atoms with van der Waals surface area (Å²) in [6, 6.07) is 1.85. The maximum absolute atomic E-state index is 11.4. The molecule has 0 N–H and O–H groups in total. The van der Waals surface area contributed by atoms with E-state index < -0.39 is 0 Å². The maximum Gasteiger partial charge on any atom is 0.308 e. The molecule has 1 aliphatic rings. The van der Waals surface area contributed by atoms with Gasteiger partial charge in [0.05, 0.1) is 13.0 Å². The number of ether oxygens (including phenoxy) is 2. The summed E-state index contributed by atoms with van der Waals surface area (Å²) in [5.41, 5.74) is 0.908. The zero-order chi connectivity index (χ0) is 13.8. The molecule has 5 heteroatoms. The van der Waals surface area contributed by atoms with Crippen LogP contribution in [0.3, 0.4) is 0 Å². The molecule has 1 aliphatic carbocycles. The topological polar surface area (TPSA) is 61.3 Å². The highest BCUT2D eigenvalue weighted by atomic mass is 16.5. The number of carbonyl (C=O) groups excluding carboxylic acids is 1. The Bertz CT molecular complexity index is 434. The highest BCUT2D eigenvalue weighted by molar-refractivity contribution is 5.72. The van der Waals surface area contributed by atoms with Crippen LogP contribution in [-0.2, 0) is 9.53 Å². The second-order valence-electron chi connectivity index (χ2n) is 5.01. The van der Waals surface area contributed by atoms with Crippen molar-refractivity contribution in [1.29, 1.82) is 0 Å². The quantitative estimate of drug-likeness (QED) is 0.783. The fourth-order valence-electron chi connectivity index (χ4n) is 2.50. The Morgan fingerprint density at radius 3 is 2.47 bits per heavy atom. The van der Waals surface area contributed by atoms with Crippen molar-refractivity contribution in [3.63, 3.8) is 0 Å². The minimum atomic E-state index is -0.104. The van der Waals surface area contributed by atoms with Crippen LogP contribution in [0.5, 0.6) is 5.88 Å². The van der Waals surface area contributed by atoms with Crippen molar-refractivity contribution in [3.05, 3.63) is 17.6 Å². The molecule has 0 saturated heterocycles. The number of carbonyl (C=O) groups is 1. The van der Waals surface area contributed by atoms with E-state index in [4.69, 9.17) is 9.47 Å². The molecule has 1 aromatic rings. The van der Waals surface area contributed by atoms with Gasteiger partial charge in [-0.2, -0.15) is 4.98 Å². The fraction of sp³-hybridized carbons (Fsp3) is 0.643. The minimum absolute atomic E-state index is 0.0266. The second-order valence-corrected chi connectivity index (χ2v) is 5.01. The van der Waals surface area contributed by atoms with Crippen molar-refractivity contribution >= 4 is 5.97 Å². The molecule has 19 heavy (non-hydrogen) atoms. The summed E-state index contributed by atoms with van der Waals surface area (Å²) in [5.74, 6) is 1.27. The summed E-state index contributed by atoms with van der Waals surface area (Å²) in [7, 11) is 1.44. The summed E-state index contributed by atoms with van der Waals surface area (Å²) in [6.45, 7) is 3.78. The van der Waals surface area contributed by atoms with Gasteiger partial charge in [0, 0.05) is 11.8 Å². The summed E-state index contributed by atoms with van der Waals surface area (Å²) in [4.78, 5) is 19.9. The lowest BCUT2D eigenvalue weighted by Crippen LogP contribution is -2.28. The van der Waals surface area contributed by atoms with Crippen molar-refractivity contribution in [2.45, 2.75) is 45.6 Å². The van der Waals surface area contributed by atoms with Gasteiger partial charge in [0.2, 0.25) is 5.88 Å². The minimum Gasteiger partial charge on any atom is -0.474 e. The Morgan fingerprint density at radius 1 is 1.21 bits per heavy atom. The largest absolute Gasteiger partial charge is 0.474 e. The Kier molecular flexibility index (Phi) is 4.35. The zero-order valence-electron chi connectivity index (χ0n) is 11.7. The smallest absolute Gasteiger partial charge is 0.308 e. The molecular formula is C14H20N2O3. The molecule has 0 spiro atoms. The molecule has 0 aromatic carbocycles. The third kappa shape index (κ3) is 3.66. The number of nitrogens with zero attached hydrogens (tertiary/aromatic N) is 2. The van der Waals surface area contributed by atoms with E-state index in [1.165, 1.54) is 7.11 Å². The van der Waals surface area contributed by atoms with Crippen LogP contribution < -0.4 is 4.74 Å². The molecule has 2 rings (SSSR count). The number of hydrogen-bond donors (Lipinski definition) is 0. The van der Waals surface area contributed by atoms with Crippen molar-refractivity contribution < 1.29 is 14.3 Å². The van der Waals surface area contributed by atoms with Crippen LogP contribution in [-0.4, -0.2) is 29.2 Å². The first kappa shape index (κ1) is 13.8. The summed E-state index contributed by atoms with van der Waals surface area (Å²) >= 11 is 0. The average molecular weight is 264 g/mol. The van der Waals surface area contributed by atoms with Crippen LogP contribution in [0.25, 0.3) is 0 Å². The van der Waals surface area contributed by atoms with Gasteiger partial charge in [-0.1, -0.05) is 0 Å². The van der Waals surface area contributed by atoms with Gasteiger partial charge in [-0.3, -0.25) is 4.79 Å². The molecule has 0 radical (unpaired) electrons. The van der Waals surface area contributed by atoms with Gasteiger partial charge < -0.3 is 9.47 Å². The lowest BCUT2D eigenvalue weighted by atomic mass is 9.87. The lowest BCUT2D eigenvalue weighted by molar-refractivity contribution is -0.147. The van der Waals surface area contributed by atoms with Crippen molar-refractivity contribution in [2.24, 2.45) is 5.92 Å². The van der Waals surface area contributed by atoms with Gasteiger partial charge in [0.1, 0.15) is 11.9 Å². The van der Waals surface area contributed by atoms with E-state index in [0.717, 1.165) is 37.2 Å². The van der Waals surface area contributed by atoms with Gasteiger partial charge in [0.25, 0.3) is 0 Å². The third-order valence-corrected chi connectivity index (χ3v) is 3.44. The van der Waals surface area contributed by atoms with Crippen LogP contribution in [0.1, 0.15) is 37.2 Å². The van der Waals surface area contributed by atoms with Crippen LogP contribution in [0.15, 0.2) is 6.07 Å². The molecule has 0 unspecified atom stereocenters. The van der Waals surface area contributed by atoms with Gasteiger partial charge in [-0.15, -0.1) is 0 Å². The van der Waals surface area contributed by atoms with E-state index in [9.17, 15) is 4.79 Å². The van der Waals surface area contributed by atoms with E-state index in [0.29, 0.717) is 5.88 Å². The molecule has 5 nitrogen and oxygen atoms in total. The van der Waals surface area contributed by atoms with Gasteiger partial charge in [-0.05, 0) is 39.5 Å². The molecule has 104 valence electrons. The molecule has 1 saturated carbocycles. The standard InChI is InChI=1S/C14H20N2O3/c1-9-8-13(16-10(2)15-9)19-12-6-4-11(5-7-12)14(17)18-3/h8,11-12H,4-7H2,1-3H3/t11-,12-. The van der Waals surface area contributed by atoms with Crippen molar-refractivity contribution in [2.75, 3.05) is 7.11 Å². The number of hydrogen-bond acceptors (Lipinski definition) is 5. The summed E-state index contributed by atoms with van der Waals surface area (Å²) in [5, 5.41) is 0. The number of aryl methyl sites for hydroxylation is 2. The monoisotopic (exact) mass is 264 g/mol. The summed E-state index contributed by atoms with van der Waals surface area (Å²) in [6.07, 6.45) is 3.50. The van der Waals surface area contributed by atoms with E-state index >= 15 is 0 Å². The summed E-state index contributed by atoms with van der Waals surface area (Å²) < 4.78 is 10.6. The molecular weight excluding hydrogens is 244 g/mol. The Morgan fingerprint density at radius 2 is 1.89 bits per heavy atom. The van der Waals surface area contributed by atoms with Crippen LogP contribution in [0.4, 0.5) is 0 Å². The molecule has 0 bridgehead atoms. The Labute approximate surface area is 113 Å². The maximum atomic E-state index is 11.4. The first-order chi connectivity index (χ1) is 9.08. The predicted octanol–water partition coefficient (Wildman–Crippen LogP) is 2.20. The number of methoxy groups -OCH3 is 1. The van der Waals surface area contributed by atoms with Crippen molar-refractivity contribution in [3.8, 4) is 5.88 Å². The number of rotatable bonds is 3. The van der Waals surface area contributed by atoms with Gasteiger partial charge in [0.15, 0.2) is 0 Å². The van der Waals surface area contributed by atoms with Gasteiger partial charge in [-0.25, -0.2) is 4.98 Å². The SMILES string of the molecule is COC(=O)[C@H]1CC[C@H](Oc2cc(C)nc(C)n2)CC1. The number of aromatic nitrogens is 2. The molecule has 0 aliphatic heterocycles. The van der Waals surface area contributed by atoms with E-state index in [1.54, 1.807) is 0 Å². The van der Waals surface area contributed by atoms with Crippen LogP contribution >= 0.6 is 0 Å². The second kappa shape index (κ2) is 5.99. The highest BCUT2D eigenvalue weighted by Crippen LogP contribution is 2.28. The normalized spacial score (nSPS) is 22.9. The lowest BCUT2D eigenvalue weighted by Gasteiger charge is -2.27. The first-order valence-corrected chi connectivity index (χ1v) is 6.65. The molecule has 1 aromatic heterocycles. The van der Waals surface area contributed by atoms with Crippen LogP contribution in [0.2, 0.25) is 0 Å². The van der Waals surface area contributed by atoms with Crippen molar-refractivity contribution in [1.82, 2.24) is 9.97 Å². The average Bonchev–Trinajstić information content (AvgIpc) is 2.37. The fourth-order valence-corrected chi connectivity index (χ4v) is 2.50. The molecule has 0 amide bonds. The van der Waals surface area contributed by atoms with E-state index in [-0.39, 0.29) is 18.0 Å². The molecule has 1 fully saturated rings. The molecule has 1 heterocycles. The molecule has 0 atom stereocenters. The predicted molar refractivity (Wildman–Crippen MR) is 69.9 cm³/mol. The first-order valence-electron chi connectivity index (χ1n) is 6.65. The Hall–Kier alpha value is -1.65. The van der Waals surface area contributed by atoms with Gasteiger partial charge >= 0.3 is 5.97 Å².